The minimum atomic E-state index is 0.139. The molecule has 0 aromatic rings. The van der Waals surface area contributed by atoms with E-state index in [1.54, 1.807) is 7.11 Å². The van der Waals surface area contributed by atoms with E-state index in [1.807, 2.05) is 12.2 Å². The van der Waals surface area contributed by atoms with Crippen molar-refractivity contribution in [2.24, 2.45) is 0 Å². The van der Waals surface area contributed by atoms with E-state index in [2.05, 4.69) is 11.8 Å². The molecule has 0 saturated carbocycles. The van der Waals surface area contributed by atoms with E-state index in [4.69, 9.17) is 4.74 Å². The Morgan fingerprint density at radius 3 is 3.00 bits per heavy atom. The molecule has 0 bridgehead atoms. The standard InChI is InChI=1S/C7H8O/c1-8-7-5-3-2-4-6-7/h2-3,7H,5H2,1H3. The number of ether oxygens (including phenoxy) is 1. The largest absolute Gasteiger partial charge is 0.368 e. The quantitative estimate of drug-likeness (QED) is 0.455. The highest BCUT2D eigenvalue weighted by molar-refractivity contribution is 5.23. The van der Waals surface area contributed by atoms with Crippen LogP contribution in [-0.2, 0) is 4.74 Å². The summed E-state index contributed by atoms with van der Waals surface area (Å²) in [5, 5.41) is 0. The second-order valence-corrected chi connectivity index (χ2v) is 1.65. The predicted molar refractivity (Wildman–Crippen MR) is 32.3 cm³/mol. The highest BCUT2D eigenvalue weighted by Crippen LogP contribution is 1.99. The van der Waals surface area contributed by atoms with Crippen LogP contribution in [0.15, 0.2) is 12.2 Å². The summed E-state index contributed by atoms with van der Waals surface area (Å²) in [5.41, 5.74) is 0. The molecular weight excluding hydrogens is 100 g/mol. The first-order valence-electron chi connectivity index (χ1n) is 2.62. The Hall–Kier alpha value is -0.740. The van der Waals surface area contributed by atoms with Crippen LogP contribution in [0.1, 0.15) is 6.42 Å². The van der Waals surface area contributed by atoms with Gasteiger partial charge in [-0.3, -0.25) is 0 Å². The Bertz CT molecular complexity index is 148. The summed E-state index contributed by atoms with van der Waals surface area (Å²) in [6.45, 7) is 0. The maximum atomic E-state index is 4.97. The molecule has 42 valence electrons. The van der Waals surface area contributed by atoms with Crippen molar-refractivity contribution in [3.63, 3.8) is 0 Å². The molecule has 1 atom stereocenters. The molecule has 0 spiro atoms. The monoisotopic (exact) mass is 108 g/mol. The Labute approximate surface area is 49.3 Å². The van der Waals surface area contributed by atoms with Crippen LogP contribution in [0.25, 0.3) is 0 Å². The Kier molecular flexibility index (Phi) is 1.71. The van der Waals surface area contributed by atoms with Gasteiger partial charge in [-0.2, -0.15) is 0 Å². The second-order valence-electron chi connectivity index (χ2n) is 1.65. The zero-order valence-corrected chi connectivity index (χ0v) is 4.85. The van der Waals surface area contributed by atoms with Crippen LogP contribution < -0.4 is 0 Å². The van der Waals surface area contributed by atoms with Gasteiger partial charge in [0.2, 0.25) is 0 Å². The molecule has 0 amide bonds. The van der Waals surface area contributed by atoms with Crippen molar-refractivity contribution in [3.05, 3.63) is 12.2 Å². The van der Waals surface area contributed by atoms with Gasteiger partial charge in [-0.05, 0) is 6.08 Å². The second kappa shape index (κ2) is 2.54. The molecule has 0 aromatic heterocycles. The molecule has 0 N–H and O–H groups in total. The lowest BCUT2D eigenvalue weighted by molar-refractivity contribution is 0.150. The summed E-state index contributed by atoms with van der Waals surface area (Å²) in [6.07, 6.45) is 4.95. The molecule has 0 fully saturated rings. The molecule has 0 aromatic carbocycles. The average Bonchev–Trinajstić information content (AvgIpc) is 1.90. The average molecular weight is 108 g/mol. The molecule has 8 heavy (non-hydrogen) atoms. The molecular formula is C7H8O. The molecule has 1 aliphatic rings. The minimum Gasteiger partial charge on any atom is -0.368 e. The zero-order chi connectivity index (χ0) is 5.82. The third-order valence-corrected chi connectivity index (χ3v) is 1.08. The van der Waals surface area contributed by atoms with Crippen molar-refractivity contribution in [3.8, 4) is 11.8 Å². The van der Waals surface area contributed by atoms with Crippen molar-refractivity contribution in [1.82, 2.24) is 0 Å². The van der Waals surface area contributed by atoms with Crippen molar-refractivity contribution >= 4 is 0 Å². The Morgan fingerprint density at radius 1 is 1.75 bits per heavy atom. The molecule has 0 radical (unpaired) electrons. The van der Waals surface area contributed by atoms with Crippen molar-refractivity contribution in [1.29, 1.82) is 0 Å². The number of allylic oxidation sites excluding steroid dienone is 1. The first-order chi connectivity index (χ1) is 3.93. The predicted octanol–water partition coefficient (Wildman–Crippen LogP) is 0.965. The van der Waals surface area contributed by atoms with E-state index < -0.39 is 0 Å². The van der Waals surface area contributed by atoms with Crippen LogP contribution in [0, 0.1) is 11.8 Å². The summed E-state index contributed by atoms with van der Waals surface area (Å²) >= 11 is 0. The summed E-state index contributed by atoms with van der Waals surface area (Å²) in [7, 11) is 1.68. The molecule has 0 heterocycles. The van der Waals surface area contributed by atoms with Gasteiger partial charge in [0.05, 0.1) is 0 Å². The topological polar surface area (TPSA) is 9.23 Å². The van der Waals surface area contributed by atoms with E-state index in [0.717, 1.165) is 6.42 Å². The fraction of sp³-hybridized carbons (Fsp3) is 0.429. The SMILES string of the molecule is COC1C#CC=CC1. The normalized spacial score (nSPS) is 24.4. The van der Waals surface area contributed by atoms with Crippen LogP contribution in [0.4, 0.5) is 0 Å². The van der Waals surface area contributed by atoms with Crippen molar-refractivity contribution in [2.75, 3.05) is 7.11 Å². The fourth-order valence-corrected chi connectivity index (χ4v) is 0.606. The van der Waals surface area contributed by atoms with Gasteiger partial charge < -0.3 is 4.74 Å². The van der Waals surface area contributed by atoms with Crippen LogP contribution in [0.2, 0.25) is 0 Å². The van der Waals surface area contributed by atoms with Gasteiger partial charge in [0.15, 0.2) is 0 Å². The first kappa shape index (κ1) is 5.40. The summed E-state index contributed by atoms with van der Waals surface area (Å²) < 4.78 is 4.97. The lowest BCUT2D eigenvalue weighted by Gasteiger charge is -2.05. The first-order valence-corrected chi connectivity index (χ1v) is 2.62. The fourth-order valence-electron chi connectivity index (χ4n) is 0.606. The van der Waals surface area contributed by atoms with Crippen LogP contribution in [0.5, 0.6) is 0 Å². The highest BCUT2D eigenvalue weighted by atomic mass is 16.5. The van der Waals surface area contributed by atoms with Gasteiger partial charge in [-0.15, -0.1) is 0 Å². The smallest absolute Gasteiger partial charge is 0.121 e. The molecule has 1 aliphatic carbocycles. The van der Waals surface area contributed by atoms with E-state index in [9.17, 15) is 0 Å². The van der Waals surface area contributed by atoms with Crippen molar-refractivity contribution < 1.29 is 4.74 Å². The maximum absolute atomic E-state index is 4.97. The summed E-state index contributed by atoms with van der Waals surface area (Å²) in [4.78, 5) is 0. The number of rotatable bonds is 1. The van der Waals surface area contributed by atoms with Gasteiger partial charge in [0, 0.05) is 13.5 Å². The lowest BCUT2D eigenvalue weighted by atomic mass is 10.2. The van der Waals surface area contributed by atoms with Gasteiger partial charge in [-0.25, -0.2) is 0 Å². The van der Waals surface area contributed by atoms with Crippen LogP contribution in [0.3, 0.4) is 0 Å². The molecule has 1 nitrogen and oxygen atoms in total. The zero-order valence-electron chi connectivity index (χ0n) is 4.85. The molecule has 1 rings (SSSR count). The van der Waals surface area contributed by atoms with E-state index >= 15 is 0 Å². The van der Waals surface area contributed by atoms with E-state index in [0.29, 0.717) is 0 Å². The van der Waals surface area contributed by atoms with E-state index in [-0.39, 0.29) is 6.10 Å². The molecule has 1 heteroatoms. The van der Waals surface area contributed by atoms with Gasteiger partial charge in [-0.1, -0.05) is 17.9 Å². The van der Waals surface area contributed by atoms with Crippen molar-refractivity contribution in [2.45, 2.75) is 12.5 Å². The minimum absolute atomic E-state index is 0.139. The number of hydrogen-bond acceptors (Lipinski definition) is 1. The van der Waals surface area contributed by atoms with Crippen LogP contribution in [-0.4, -0.2) is 13.2 Å². The number of methoxy groups -OCH3 is 1. The third-order valence-electron chi connectivity index (χ3n) is 1.08. The molecule has 1 unspecified atom stereocenters. The molecule has 0 aliphatic heterocycles. The summed E-state index contributed by atoms with van der Waals surface area (Å²) in [6, 6.07) is 0. The number of hydrogen-bond donors (Lipinski definition) is 0. The van der Waals surface area contributed by atoms with E-state index in [1.165, 1.54) is 0 Å². The Balaban J connectivity index is 2.48. The third kappa shape index (κ3) is 1.11. The molecule has 0 saturated heterocycles. The maximum Gasteiger partial charge on any atom is 0.121 e. The van der Waals surface area contributed by atoms with Gasteiger partial charge >= 0.3 is 0 Å². The summed E-state index contributed by atoms with van der Waals surface area (Å²) in [5.74, 6) is 5.74. The van der Waals surface area contributed by atoms with Gasteiger partial charge in [0.25, 0.3) is 0 Å². The highest BCUT2D eigenvalue weighted by Gasteiger charge is 1.99. The van der Waals surface area contributed by atoms with Gasteiger partial charge in [0.1, 0.15) is 6.10 Å². The Morgan fingerprint density at radius 2 is 2.62 bits per heavy atom. The van der Waals surface area contributed by atoms with Crippen LogP contribution >= 0.6 is 0 Å². The lowest BCUT2D eigenvalue weighted by Crippen LogP contribution is -2.06.